The molecule has 0 radical (unpaired) electrons. The van der Waals surface area contributed by atoms with E-state index in [9.17, 15) is 13.2 Å². The first-order valence-corrected chi connectivity index (χ1v) is 10.0. The van der Waals surface area contributed by atoms with Crippen molar-refractivity contribution in [3.05, 3.63) is 29.8 Å². The van der Waals surface area contributed by atoms with Gasteiger partial charge in [-0.05, 0) is 63.8 Å². The first kappa shape index (κ1) is 18.9. The number of carbonyl (C=O) groups is 1. The van der Waals surface area contributed by atoms with Gasteiger partial charge in [-0.25, -0.2) is 13.1 Å². The van der Waals surface area contributed by atoms with Crippen LogP contribution in [0.2, 0.25) is 0 Å². The Labute approximate surface area is 145 Å². The highest BCUT2D eigenvalue weighted by atomic mass is 32.2. The number of amides is 1. The zero-order chi connectivity index (χ0) is 18.0. The molecular weight excluding hydrogens is 324 g/mol. The molecule has 1 N–H and O–H groups in total. The van der Waals surface area contributed by atoms with Gasteiger partial charge in [-0.1, -0.05) is 13.3 Å². The van der Waals surface area contributed by atoms with Crippen LogP contribution in [-0.4, -0.2) is 37.9 Å². The lowest BCUT2D eigenvalue weighted by molar-refractivity contribution is 0.0786. The number of hydrogen-bond donors (Lipinski definition) is 1. The summed E-state index contributed by atoms with van der Waals surface area (Å²) in [6.45, 7) is 9.14. The molecular formula is C18H28N2O3S. The molecule has 1 amide bonds. The molecule has 1 saturated heterocycles. The van der Waals surface area contributed by atoms with E-state index in [1.165, 1.54) is 12.1 Å². The summed E-state index contributed by atoms with van der Waals surface area (Å²) in [6.07, 6.45) is 3.35. The fourth-order valence-electron chi connectivity index (χ4n) is 3.08. The molecule has 1 aromatic rings. The van der Waals surface area contributed by atoms with E-state index in [4.69, 9.17) is 0 Å². The largest absolute Gasteiger partial charge is 0.338 e. The highest BCUT2D eigenvalue weighted by molar-refractivity contribution is 7.89. The van der Waals surface area contributed by atoms with Gasteiger partial charge in [0.2, 0.25) is 10.0 Å². The van der Waals surface area contributed by atoms with Gasteiger partial charge < -0.3 is 4.90 Å². The molecule has 0 aromatic heterocycles. The summed E-state index contributed by atoms with van der Waals surface area (Å²) in [5, 5.41) is 0. The van der Waals surface area contributed by atoms with Crippen LogP contribution in [0, 0.1) is 5.92 Å². The van der Waals surface area contributed by atoms with Crippen molar-refractivity contribution in [3.8, 4) is 0 Å². The molecule has 1 aromatic carbocycles. The number of carbonyl (C=O) groups excluding carboxylic acids is 1. The van der Waals surface area contributed by atoms with E-state index in [1.807, 2.05) is 4.90 Å². The topological polar surface area (TPSA) is 66.5 Å². The third-order valence-corrected chi connectivity index (χ3v) is 5.90. The van der Waals surface area contributed by atoms with E-state index < -0.39 is 15.6 Å². The van der Waals surface area contributed by atoms with Gasteiger partial charge in [0.1, 0.15) is 0 Å². The summed E-state index contributed by atoms with van der Waals surface area (Å²) in [4.78, 5) is 14.6. The van der Waals surface area contributed by atoms with E-state index >= 15 is 0 Å². The highest BCUT2D eigenvalue weighted by Gasteiger charge is 2.27. The normalized spacial score (nSPS) is 18.8. The van der Waals surface area contributed by atoms with Crippen LogP contribution < -0.4 is 4.72 Å². The lowest BCUT2D eigenvalue weighted by atomic mass is 10.0. The summed E-state index contributed by atoms with van der Waals surface area (Å²) in [5.41, 5.74) is -0.00109. The van der Waals surface area contributed by atoms with Gasteiger partial charge in [0.15, 0.2) is 0 Å². The SMILES string of the molecule is CCC[C@H]1CCN(C(=O)c2ccc(S(=O)(=O)NC(C)(C)C)cc2)C1. The molecule has 134 valence electrons. The van der Waals surface area contributed by atoms with Crippen LogP contribution in [0.25, 0.3) is 0 Å². The first-order valence-electron chi connectivity index (χ1n) is 8.55. The van der Waals surface area contributed by atoms with Crippen LogP contribution in [-0.2, 0) is 10.0 Å². The van der Waals surface area contributed by atoms with Crippen molar-refractivity contribution in [2.45, 2.75) is 57.4 Å². The average Bonchev–Trinajstić information content (AvgIpc) is 2.93. The molecule has 0 unspecified atom stereocenters. The fourth-order valence-corrected chi connectivity index (χ4v) is 4.50. The fraction of sp³-hybridized carbons (Fsp3) is 0.611. The Balaban J connectivity index is 2.08. The van der Waals surface area contributed by atoms with Crippen LogP contribution in [0.4, 0.5) is 0 Å². The van der Waals surface area contributed by atoms with Gasteiger partial charge in [-0.15, -0.1) is 0 Å². The van der Waals surface area contributed by atoms with E-state index in [0.717, 1.165) is 32.4 Å². The smallest absolute Gasteiger partial charge is 0.253 e. The van der Waals surface area contributed by atoms with Gasteiger partial charge in [-0.3, -0.25) is 4.79 Å². The van der Waals surface area contributed by atoms with Gasteiger partial charge in [0.05, 0.1) is 4.90 Å². The minimum Gasteiger partial charge on any atom is -0.338 e. The van der Waals surface area contributed by atoms with Crippen LogP contribution in [0.15, 0.2) is 29.2 Å². The van der Waals surface area contributed by atoms with Crippen LogP contribution in [0.5, 0.6) is 0 Å². The van der Waals surface area contributed by atoms with Gasteiger partial charge in [-0.2, -0.15) is 0 Å². The lowest BCUT2D eigenvalue weighted by Crippen LogP contribution is -2.40. The second-order valence-electron chi connectivity index (χ2n) is 7.57. The van der Waals surface area contributed by atoms with Crippen molar-refractivity contribution in [2.24, 2.45) is 5.92 Å². The number of hydrogen-bond acceptors (Lipinski definition) is 3. The van der Waals surface area contributed by atoms with Crippen molar-refractivity contribution >= 4 is 15.9 Å². The van der Waals surface area contributed by atoms with Gasteiger partial charge >= 0.3 is 0 Å². The third kappa shape index (κ3) is 4.80. The predicted octanol–water partition coefficient (Wildman–Crippen LogP) is 3.03. The van der Waals surface area contributed by atoms with Crippen molar-refractivity contribution in [1.82, 2.24) is 9.62 Å². The van der Waals surface area contributed by atoms with Crippen LogP contribution >= 0.6 is 0 Å². The molecule has 2 rings (SSSR count). The molecule has 1 aliphatic heterocycles. The molecule has 1 atom stereocenters. The Morgan fingerprint density at radius 3 is 2.42 bits per heavy atom. The minimum atomic E-state index is -3.57. The standard InChI is InChI=1S/C18H28N2O3S/c1-5-6-14-11-12-20(13-14)17(21)15-7-9-16(10-8-15)24(22,23)19-18(2,3)4/h7-10,14,19H,5-6,11-13H2,1-4H3/t14-/m0/s1. The van der Waals surface area contributed by atoms with Crippen molar-refractivity contribution in [3.63, 3.8) is 0 Å². The van der Waals surface area contributed by atoms with E-state index in [-0.39, 0.29) is 10.8 Å². The average molecular weight is 353 g/mol. The minimum absolute atomic E-state index is 0.0127. The number of rotatable bonds is 5. The molecule has 1 fully saturated rings. The zero-order valence-corrected chi connectivity index (χ0v) is 15.8. The maximum Gasteiger partial charge on any atom is 0.253 e. The summed E-state index contributed by atoms with van der Waals surface area (Å²) in [7, 11) is -3.57. The summed E-state index contributed by atoms with van der Waals surface area (Å²) >= 11 is 0. The molecule has 1 aliphatic rings. The molecule has 5 nitrogen and oxygen atoms in total. The second-order valence-corrected chi connectivity index (χ2v) is 9.26. The second kappa shape index (κ2) is 7.23. The van der Waals surface area contributed by atoms with Gasteiger partial charge in [0, 0.05) is 24.2 Å². The molecule has 0 spiro atoms. The first-order chi connectivity index (χ1) is 11.1. The number of nitrogens with zero attached hydrogens (tertiary/aromatic N) is 1. The Bertz CT molecular complexity index is 675. The van der Waals surface area contributed by atoms with Gasteiger partial charge in [0.25, 0.3) is 5.91 Å². The maximum absolute atomic E-state index is 12.5. The molecule has 0 aliphatic carbocycles. The Morgan fingerprint density at radius 2 is 1.88 bits per heavy atom. The number of benzene rings is 1. The third-order valence-electron chi connectivity index (χ3n) is 4.12. The molecule has 0 bridgehead atoms. The van der Waals surface area contributed by atoms with Crippen molar-refractivity contribution < 1.29 is 13.2 Å². The van der Waals surface area contributed by atoms with Crippen molar-refractivity contribution in [1.29, 1.82) is 0 Å². The van der Waals surface area contributed by atoms with E-state index in [0.29, 0.717) is 11.5 Å². The van der Waals surface area contributed by atoms with Crippen molar-refractivity contribution in [2.75, 3.05) is 13.1 Å². The quantitative estimate of drug-likeness (QED) is 0.886. The number of sulfonamides is 1. The highest BCUT2D eigenvalue weighted by Crippen LogP contribution is 2.23. The summed E-state index contributed by atoms with van der Waals surface area (Å²) < 4.78 is 27.2. The molecule has 24 heavy (non-hydrogen) atoms. The Hall–Kier alpha value is -1.40. The number of likely N-dealkylation sites (tertiary alicyclic amines) is 1. The molecule has 1 heterocycles. The predicted molar refractivity (Wildman–Crippen MR) is 95.4 cm³/mol. The molecule has 0 saturated carbocycles. The monoisotopic (exact) mass is 352 g/mol. The molecule has 6 heteroatoms. The Kier molecular flexibility index (Phi) is 5.71. The zero-order valence-electron chi connectivity index (χ0n) is 15.0. The summed E-state index contributed by atoms with van der Waals surface area (Å²) in [6, 6.07) is 6.21. The van der Waals surface area contributed by atoms with Crippen LogP contribution in [0.1, 0.15) is 57.3 Å². The maximum atomic E-state index is 12.5. The van der Waals surface area contributed by atoms with Crippen LogP contribution in [0.3, 0.4) is 0 Å². The Morgan fingerprint density at radius 1 is 1.25 bits per heavy atom. The summed E-state index contributed by atoms with van der Waals surface area (Å²) in [5.74, 6) is 0.580. The lowest BCUT2D eigenvalue weighted by Gasteiger charge is -2.20. The van der Waals surface area contributed by atoms with E-state index in [2.05, 4.69) is 11.6 Å². The number of nitrogens with one attached hydrogen (secondary N) is 1. The van der Waals surface area contributed by atoms with E-state index in [1.54, 1.807) is 32.9 Å².